The topological polar surface area (TPSA) is 166 Å². The molecule has 0 aliphatic carbocycles. The second kappa shape index (κ2) is 6.85. The molecule has 0 unspecified atom stereocenters. The fourth-order valence-electron chi connectivity index (χ4n) is 2.06. The molecule has 0 radical (unpaired) electrons. The van der Waals surface area contributed by atoms with Gasteiger partial charge in [0.1, 0.15) is 0 Å². The third-order valence-corrected chi connectivity index (χ3v) is 7.30. The highest BCUT2D eigenvalue weighted by atomic mass is 31.2. The Labute approximate surface area is 137 Å². The number of benzene rings is 1. The summed E-state index contributed by atoms with van der Waals surface area (Å²) < 4.78 is 24.0. The van der Waals surface area contributed by atoms with E-state index in [1.54, 1.807) is 0 Å². The van der Waals surface area contributed by atoms with E-state index in [2.05, 4.69) is 10.3 Å². The van der Waals surface area contributed by atoms with Gasteiger partial charge in [0.05, 0.1) is 12.2 Å². The predicted octanol–water partition coefficient (Wildman–Crippen LogP) is 0.260. The van der Waals surface area contributed by atoms with E-state index in [9.17, 15) is 14.2 Å². The SMILES string of the molecule is O=P(O)(O)C(O)(CCc1cn(Cc2ccccc2)nn1)P(=O)(O)O. The van der Waals surface area contributed by atoms with Crippen LogP contribution in [0.1, 0.15) is 17.7 Å². The molecule has 1 aromatic carbocycles. The molecule has 24 heavy (non-hydrogen) atoms. The number of nitrogens with zero attached hydrogens (tertiary/aromatic N) is 3. The van der Waals surface area contributed by atoms with Gasteiger partial charge in [0.25, 0.3) is 5.08 Å². The maximum absolute atomic E-state index is 11.3. The van der Waals surface area contributed by atoms with E-state index in [-0.39, 0.29) is 12.1 Å². The van der Waals surface area contributed by atoms with Crippen LogP contribution in [0.25, 0.3) is 0 Å². The van der Waals surface area contributed by atoms with Gasteiger partial charge in [-0.25, -0.2) is 4.68 Å². The maximum Gasteiger partial charge on any atom is 0.369 e. The minimum absolute atomic E-state index is 0.242. The van der Waals surface area contributed by atoms with Gasteiger partial charge in [0.2, 0.25) is 0 Å². The van der Waals surface area contributed by atoms with Gasteiger partial charge in [-0.15, -0.1) is 5.10 Å². The van der Waals surface area contributed by atoms with Crippen molar-refractivity contribution >= 4 is 15.2 Å². The molecule has 12 heteroatoms. The number of hydrogen-bond acceptors (Lipinski definition) is 5. The van der Waals surface area contributed by atoms with E-state index in [0.717, 1.165) is 5.56 Å². The zero-order valence-corrected chi connectivity index (χ0v) is 14.2. The van der Waals surface area contributed by atoms with Gasteiger partial charge in [0, 0.05) is 12.6 Å². The number of rotatable bonds is 7. The first-order valence-electron chi connectivity index (χ1n) is 6.79. The summed E-state index contributed by atoms with van der Waals surface area (Å²) in [6.07, 6.45) is 0.361. The standard InChI is InChI=1S/C12H17N3O7P2/c16-12(23(17,18)19,24(20,21)22)7-6-11-9-15(14-13-11)8-10-4-2-1-3-5-10/h1-5,9,16H,6-8H2,(H2,17,18,19)(H2,20,21,22). The molecule has 0 atom stereocenters. The molecule has 0 amide bonds. The first kappa shape index (κ1) is 19.0. The van der Waals surface area contributed by atoms with Crippen LogP contribution in [0.4, 0.5) is 0 Å². The molecule has 0 aliphatic rings. The van der Waals surface area contributed by atoms with Gasteiger partial charge in [-0.05, 0) is 12.0 Å². The van der Waals surface area contributed by atoms with Gasteiger partial charge in [-0.3, -0.25) is 9.13 Å². The van der Waals surface area contributed by atoms with Crippen LogP contribution in [0.3, 0.4) is 0 Å². The van der Waals surface area contributed by atoms with E-state index in [4.69, 9.17) is 19.6 Å². The zero-order chi connectivity index (χ0) is 18.0. The van der Waals surface area contributed by atoms with Gasteiger partial charge in [-0.2, -0.15) is 0 Å². The second-order valence-corrected chi connectivity index (χ2v) is 9.26. The molecule has 5 N–H and O–H groups in total. The summed E-state index contributed by atoms with van der Waals surface area (Å²) in [5, 5.41) is 14.0. The van der Waals surface area contributed by atoms with Crippen molar-refractivity contribution in [3.05, 3.63) is 47.8 Å². The first-order chi connectivity index (χ1) is 11.0. The van der Waals surface area contributed by atoms with Crippen molar-refractivity contribution in [2.75, 3.05) is 0 Å². The molecular weight excluding hydrogens is 360 g/mol. The van der Waals surface area contributed by atoms with Crippen molar-refractivity contribution in [2.24, 2.45) is 0 Å². The van der Waals surface area contributed by atoms with Crippen molar-refractivity contribution in [3.8, 4) is 0 Å². The summed E-state index contributed by atoms with van der Waals surface area (Å²) in [7, 11) is -10.9. The predicted molar refractivity (Wildman–Crippen MR) is 82.9 cm³/mol. The van der Waals surface area contributed by atoms with Crippen LogP contribution >= 0.6 is 15.2 Å². The number of aromatic nitrogens is 3. The molecule has 0 aliphatic heterocycles. The lowest BCUT2D eigenvalue weighted by atomic mass is 10.2. The summed E-state index contributed by atoms with van der Waals surface area (Å²) in [5.74, 6) is 0. The Balaban J connectivity index is 2.09. The number of aliphatic hydroxyl groups is 1. The molecule has 0 fully saturated rings. The van der Waals surface area contributed by atoms with E-state index in [0.29, 0.717) is 6.54 Å². The monoisotopic (exact) mass is 377 g/mol. The lowest BCUT2D eigenvalue weighted by Gasteiger charge is -2.28. The highest BCUT2D eigenvalue weighted by molar-refractivity contribution is 7.72. The highest BCUT2D eigenvalue weighted by Gasteiger charge is 2.58. The van der Waals surface area contributed by atoms with Crippen molar-refractivity contribution < 1.29 is 33.8 Å². The molecule has 1 heterocycles. The van der Waals surface area contributed by atoms with Crippen molar-refractivity contribution in [1.82, 2.24) is 15.0 Å². The quantitative estimate of drug-likeness (QED) is 0.425. The fourth-order valence-corrected chi connectivity index (χ4v) is 4.22. The Morgan fingerprint density at radius 2 is 1.62 bits per heavy atom. The lowest BCUT2D eigenvalue weighted by Crippen LogP contribution is -2.29. The lowest BCUT2D eigenvalue weighted by molar-refractivity contribution is 0.123. The van der Waals surface area contributed by atoms with Gasteiger partial charge in [-0.1, -0.05) is 35.5 Å². The smallest absolute Gasteiger partial charge is 0.368 e. The minimum atomic E-state index is -5.46. The molecule has 0 saturated carbocycles. The first-order valence-corrected chi connectivity index (χ1v) is 10.0. The Morgan fingerprint density at radius 1 is 1.04 bits per heavy atom. The average molecular weight is 377 g/mol. The molecule has 0 saturated heterocycles. The Hall–Kier alpha value is -1.38. The molecule has 2 rings (SSSR count). The molecule has 0 spiro atoms. The average Bonchev–Trinajstić information content (AvgIpc) is 2.91. The Kier molecular flexibility index (Phi) is 5.41. The molecule has 1 aromatic heterocycles. The van der Waals surface area contributed by atoms with Crippen LogP contribution in [0, 0.1) is 0 Å². The second-order valence-electron chi connectivity index (χ2n) is 5.26. The number of hydrogen-bond donors (Lipinski definition) is 5. The summed E-state index contributed by atoms with van der Waals surface area (Å²) in [4.78, 5) is 36.3. The largest absolute Gasteiger partial charge is 0.369 e. The van der Waals surface area contributed by atoms with Crippen molar-refractivity contribution in [3.63, 3.8) is 0 Å². The van der Waals surface area contributed by atoms with Gasteiger partial charge in [0.15, 0.2) is 0 Å². The molecular formula is C12H17N3O7P2. The third kappa shape index (κ3) is 4.17. The van der Waals surface area contributed by atoms with E-state index in [1.165, 1.54) is 10.9 Å². The normalized spacial score (nSPS) is 13.2. The minimum Gasteiger partial charge on any atom is -0.368 e. The zero-order valence-electron chi connectivity index (χ0n) is 12.4. The van der Waals surface area contributed by atoms with Crippen molar-refractivity contribution in [1.29, 1.82) is 0 Å². The van der Waals surface area contributed by atoms with Crippen LogP contribution in [0.5, 0.6) is 0 Å². The van der Waals surface area contributed by atoms with Crippen LogP contribution in [0.15, 0.2) is 36.5 Å². The third-order valence-electron chi connectivity index (χ3n) is 3.42. The van der Waals surface area contributed by atoms with E-state index in [1.807, 2.05) is 30.3 Å². The summed E-state index contributed by atoms with van der Waals surface area (Å²) >= 11 is 0. The summed E-state index contributed by atoms with van der Waals surface area (Å²) in [6.45, 7) is 0.412. The Morgan fingerprint density at radius 3 is 2.17 bits per heavy atom. The summed E-state index contributed by atoms with van der Waals surface area (Å²) in [5.41, 5.74) is 1.20. The highest BCUT2D eigenvalue weighted by Crippen LogP contribution is 2.69. The van der Waals surface area contributed by atoms with Gasteiger partial charge >= 0.3 is 15.2 Å². The molecule has 132 valence electrons. The molecule has 2 aromatic rings. The van der Waals surface area contributed by atoms with Crippen molar-refractivity contribution in [2.45, 2.75) is 24.5 Å². The Bertz CT molecular complexity index is 761. The maximum atomic E-state index is 11.3. The van der Waals surface area contributed by atoms with E-state index < -0.39 is 26.7 Å². The van der Waals surface area contributed by atoms with Gasteiger partial charge < -0.3 is 24.7 Å². The fraction of sp³-hybridized carbons (Fsp3) is 0.333. The van der Waals surface area contributed by atoms with Crippen LogP contribution in [-0.4, -0.2) is 44.8 Å². The van der Waals surface area contributed by atoms with Crippen LogP contribution in [-0.2, 0) is 22.1 Å². The molecule has 0 bridgehead atoms. The molecule has 10 nitrogen and oxygen atoms in total. The van der Waals surface area contributed by atoms with Crippen LogP contribution < -0.4 is 0 Å². The summed E-state index contributed by atoms with van der Waals surface area (Å²) in [6, 6.07) is 9.32. The number of aryl methyl sites for hydroxylation is 1. The van der Waals surface area contributed by atoms with Crippen LogP contribution in [0.2, 0.25) is 0 Å². The van der Waals surface area contributed by atoms with E-state index >= 15 is 0 Å².